The molecule has 2 N–H and O–H groups in total. The summed E-state index contributed by atoms with van der Waals surface area (Å²) >= 11 is 1.64. The third-order valence-corrected chi connectivity index (χ3v) is 3.41. The first-order valence-electron chi connectivity index (χ1n) is 5.38. The Bertz CT molecular complexity index is 464. The second kappa shape index (κ2) is 5.09. The van der Waals surface area contributed by atoms with Crippen LogP contribution in [0.1, 0.15) is 35.3 Å². The Kier molecular flexibility index (Phi) is 3.53. The lowest BCUT2D eigenvalue weighted by molar-refractivity contribution is 0.0921. The van der Waals surface area contributed by atoms with Crippen LogP contribution in [-0.4, -0.2) is 21.3 Å². The van der Waals surface area contributed by atoms with Gasteiger partial charge in [-0.15, -0.1) is 11.3 Å². The average molecular weight is 250 g/mol. The molecule has 90 valence electrons. The summed E-state index contributed by atoms with van der Waals surface area (Å²) in [6, 6.07) is 4.02. The van der Waals surface area contributed by atoms with E-state index in [4.69, 9.17) is 0 Å². The molecule has 2 aromatic rings. The lowest BCUT2D eigenvalue weighted by Crippen LogP contribution is -2.31. The van der Waals surface area contributed by atoms with Crippen LogP contribution in [0, 0.1) is 5.92 Å². The van der Waals surface area contributed by atoms with Crippen LogP contribution >= 0.6 is 11.3 Å². The van der Waals surface area contributed by atoms with E-state index < -0.39 is 0 Å². The predicted molar refractivity (Wildman–Crippen MR) is 65.7 cm³/mol. The molecule has 0 aromatic carbocycles. The van der Waals surface area contributed by atoms with E-state index in [-0.39, 0.29) is 11.9 Å². The van der Waals surface area contributed by atoms with E-state index in [1.165, 1.54) is 6.20 Å². The number of aromatic amines is 1. The average Bonchev–Trinajstić information content (AvgIpc) is 2.97. The predicted octanol–water partition coefficient (Wildman–Crippen LogP) is 1.99. The Morgan fingerprint density at radius 1 is 1.53 bits per heavy atom. The van der Waals surface area contributed by atoms with Crippen molar-refractivity contribution in [3.63, 3.8) is 0 Å². The lowest BCUT2D eigenvalue weighted by atomic mass is 10.0. The number of amides is 1. The molecule has 6 heteroatoms. The first kappa shape index (κ1) is 11.8. The van der Waals surface area contributed by atoms with Crippen molar-refractivity contribution in [2.24, 2.45) is 5.92 Å². The summed E-state index contributed by atoms with van der Waals surface area (Å²) in [6.45, 7) is 4.15. The molecule has 0 radical (unpaired) electrons. The van der Waals surface area contributed by atoms with Gasteiger partial charge in [0.15, 0.2) is 5.69 Å². The minimum absolute atomic E-state index is 0.0131. The van der Waals surface area contributed by atoms with E-state index in [2.05, 4.69) is 34.6 Å². The normalized spacial score (nSPS) is 12.6. The fraction of sp³-hybridized carbons (Fsp3) is 0.364. The molecule has 0 fully saturated rings. The number of rotatable bonds is 4. The summed E-state index contributed by atoms with van der Waals surface area (Å²) in [5, 5.41) is 14.8. The van der Waals surface area contributed by atoms with E-state index in [1.54, 1.807) is 11.3 Å². The summed E-state index contributed by atoms with van der Waals surface area (Å²) in [5.74, 6) is 0.121. The van der Waals surface area contributed by atoms with Crippen molar-refractivity contribution in [2.45, 2.75) is 19.9 Å². The van der Waals surface area contributed by atoms with Crippen LogP contribution in [0.25, 0.3) is 0 Å². The zero-order valence-electron chi connectivity index (χ0n) is 9.68. The number of carbonyl (C=O) groups is 1. The van der Waals surface area contributed by atoms with Crippen molar-refractivity contribution in [3.8, 4) is 0 Å². The van der Waals surface area contributed by atoms with Gasteiger partial charge in [-0.3, -0.25) is 4.79 Å². The monoisotopic (exact) mass is 250 g/mol. The molecule has 17 heavy (non-hydrogen) atoms. The molecule has 2 aromatic heterocycles. The molecule has 0 spiro atoms. The van der Waals surface area contributed by atoms with Crippen LogP contribution in [0.15, 0.2) is 23.7 Å². The van der Waals surface area contributed by atoms with Gasteiger partial charge in [0, 0.05) is 4.88 Å². The Morgan fingerprint density at radius 3 is 2.88 bits per heavy atom. The van der Waals surface area contributed by atoms with Crippen molar-refractivity contribution in [2.75, 3.05) is 0 Å². The second-order valence-electron chi connectivity index (χ2n) is 4.07. The quantitative estimate of drug-likeness (QED) is 0.871. The molecule has 5 nitrogen and oxygen atoms in total. The Morgan fingerprint density at radius 2 is 2.35 bits per heavy atom. The van der Waals surface area contributed by atoms with Crippen molar-refractivity contribution < 1.29 is 4.79 Å². The van der Waals surface area contributed by atoms with Gasteiger partial charge in [-0.1, -0.05) is 19.9 Å². The van der Waals surface area contributed by atoms with Crippen molar-refractivity contribution >= 4 is 17.2 Å². The maximum atomic E-state index is 11.9. The van der Waals surface area contributed by atoms with E-state index in [0.29, 0.717) is 11.6 Å². The third kappa shape index (κ3) is 2.71. The highest BCUT2D eigenvalue weighted by Gasteiger charge is 2.20. The van der Waals surface area contributed by atoms with Crippen molar-refractivity contribution in [1.82, 2.24) is 20.7 Å². The number of aromatic nitrogens is 3. The van der Waals surface area contributed by atoms with Crippen LogP contribution < -0.4 is 5.32 Å². The molecule has 0 bridgehead atoms. The maximum Gasteiger partial charge on any atom is 0.273 e. The largest absolute Gasteiger partial charge is 0.343 e. The van der Waals surface area contributed by atoms with E-state index in [1.807, 2.05) is 17.5 Å². The molecule has 0 aliphatic carbocycles. The van der Waals surface area contributed by atoms with Gasteiger partial charge in [-0.2, -0.15) is 15.4 Å². The van der Waals surface area contributed by atoms with Gasteiger partial charge in [-0.25, -0.2) is 0 Å². The van der Waals surface area contributed by atoms with Gasteiger partial charge in [0.1, 0.15) is 0 Å². The highest BCUT2D eigenvalue weighted by atomic mass is 32.1. The lowest BCUT2D eigenvalue weighted by Gasteiger charge is -2.20. The minimum atomic E-state index is -0.203. The van der Waals surface area contributed by atoms with Gasteiger partial charge < -0.3 is 5.32 Å². The minimum Gasteiger partial charge on any atom is -0.343 e. The van der Waals surface area contributed by atoms with Crippen molar-refractivity contribution in [3.05, 3.63) is 34.3 Å². The Labute approximate surface area is 103 Å². The molecule has 2 rings (SSSR count). The fourth-order valence-corrected chi connectivity index (χ4v) is 2.51. The molecule has 0 saturated heterocycles. The smallest absolute Gasteiger partial charge is 0.273 e. The number of H-pyrrole nitrogens is 1. The zero-order valence-corrected chi connectivity index (χ0v) is 10.5. The Balaban J connectivity index is 2.12. The summed E-state index contributed by atoms with van der Waals surface area (Å²) in [5.41, 5.74) is 0.312. The van der Waals surface area contributed by atoms with Gasteiger partial charge in [0.05, 0.1) is 12.2 Å². The van der Waals surface area contributed by atoms with E-state index >= 15 is 0 Å². The number of nitrogens with zero attached hydrogens (tertiary/aromatic N) is 2. The number of carbonyl (C=O) groups excluding carboxylic acids is 1. The molecular formula is C11H14N4OS. The summed E-state index contributed by atoms with van der Waals surface area (Å²) in [7, 11) is 0. The highest BCUT2D eigenvalue weighted by Crippen LogP contribution is 2.25. The molecule has 1 unspecified atom stereocenters. The fourth-order valence-electron chi connectivity index (χ4n) is 1.56. The second-order valence-corrected chi connectivity index (χ2v) is 5.05. The summed E-state index contributed by atoms with van der Waals surface area (Å²) < 4.78 is 0. The first-order chi connectivity index (χ1) is 8.18. The van der Waals surface area contributed by atoms with Gasteiger partial charge in [-0.05, 0) is 17.4 Å². The first-order valence-corrected chi connectivity index (χ1v) is 6.26. The number of nitrogens with one attached hydrogen (secondary N) is 2. The van der Waals surface area contributed by atoms with Gasteiger partial charge in [0.2, 0.25) is 0 Å². The van der Waals surface area contributed by atoms with Crippen LogP contribution in [0.5, 0.6) is 0 Å². The third-order valence-electron chi connectivity index (χ3n) is 2.45. The molecule has 0 aliphatic rings. The van der Waals surface area contributed by atoms with E-state index in [9.17, 15) is 4.79 Å². The van der Waals surface area contributed by atoms with Crippen LogP contribution in [0.4, 0.5) is 0 Å². The molecule has 1 atom stereocenters. The number of hydrogen-bond acceptors (Lipinski definition) is 4. The Hall–Kier alpha value is -1.69. The van der Waals surface area contributed by atoms with Gasteiger partial charge in [0.25, 0.3) is 5.91 Å². The van der Waals surface area contributed by atoms with Crippen LogP contribution in [0.3, 0.4) is 0 Å². The SMILES string of the molecule is CC(C)C(NC(=O)c1cn[nH]n1)c1cccs1. The van der Waals surface area contributed by atoms with E-state index in [0.717, 1.165) is 4.88 Å². The highest BCUT2D eigenvalue weighted by molar-refractivity contribution is 7.10. The van der Waals surface area contributed by atoms with Crippen molar-refractivity contribution in [1.29, 1.82) is 0 Å². The van der Waals surface area contributed by atoms with Crippen LogP contribution in [0.2, 0.25) is 0 Å². The number of hydrogen-bond donors (Lipinski definition) is 2. The number of thiophene rings is 1. The summed E-state index contributed by atoms with van der Waals surface area (Å²) in [6.07, 6.45) is 1.42. The van der Waals surface area contributed by atoms with Crippen LogP contribution in [-0.2, 0) is 0 Å². The molecule has 1 amide bonds. The maximum absolute atomic E-state index is 11.9. The molecular weight excluding hydrogens is 236 g/mol. The standard InChI is InChI=1S/C11H14N4OS/c1-7(2)10(9-4-3-5-17-9)13-11(16)8-6-12-15-14-8/h3-7,10H,1-2H3,(H,13,16)(H,12,14,15). The summed E-state index contributed by atoms with van der Waals surface area (Å²) in [4.78, 5) is 13.0. The molecule has 2 heterocycles. The topological polar surface area (TPSA) is 70.7 Å². The molecule has 0 aliphatic heterocycles. The zero-order chi connectivity index (χ0) is 12.3. The molecule has 0 saturated carbocycles. The van der Waals surface area contributed by atoms with Gasteiger partial charge >= 0.3 is 0 Å².